The Morgan fingerprint density at radius 3 is 2.21 bits per heavy atom. The highest BCUT2D eigenvalue weighted by Crippen LogP contribution is 2.04. The summed E-state index contributed by atoms with van der Waals surface area (Å²) in [4.78, 5) is 23.7. The summed E-state index contributed by atoms with van der Waals surface area (Å²) >= 11 is 0. The highest BCUT2D eigenvalue weighted by atomic mass is 16.5. The molecule has 0 radical (unpaired) electrons. The summed E-state index contributed by atoms with van der Waals surface area (Å²) in [6, 6.07) is -0.856. The highest BCUT2D eigenvalue weighted by molar-refractivity contribution is 5.83. The van der Waals surface area contributed by atoms with Crippen molar-refractivity contribution in [3.05, 3.63) is 0 Å². The first-order valence-electron chi connectivity index (χ1n) is 6.96. The lowest BCUT2D eigenvalue weighted by atomic mass is 10.1. The van der Waals surface area contributed by atoms with Gasteiger partial charge in [0.15, 0.2) is 0 Å². The van der Waals surface area contributed by atoms with Gasteiger partial charge >= 0.3 is 5.97 Å². The molecule has 5 nitrogen and oxygen atoms in total. The summed E-state index contributed by atoms with van der Waals surface area (Å²) in [5.74, 6) is -0.405. The summed E-state index contributed by atoms with van der Waals surface area (Å²) in [6.07, 6.45) is 1.51. The van der Waals surface area contributed by atoms with Crippen LogP contribution in [0.4, 0.5) is 0 Å². The third-order valence-electron chi connectivity index (χ3n) is 2.49. The van der Waals surface area contributed by atoms with Crippen molar-refractivity contribution in [1.82, 2.24) is 10.6 Å². The molecule has 0 spiro atoms. The minimum absolute atomic E-state index is 0.113. The van der Waals surface area contributed by atoms with Gasteiger partial charge in [0, 0.05) is 5.54 Å². The number of hydrogen-bond donors (Lipinski definition) is 2. The first-order valence-corrected chi connectivity index (χ1v) is 6.96. The second kappa shape index (κ2) is 8.15. The number of hydrogen-bond acceptors (Lipinski definition) is 4. The first-order chi connectivity index (χ1) is 8.71. The van der Waals surface area contributed by atoms with Crippen LogP contribution in [0.3, 0.4) is 0 Å². The topological polar surface area (TPSA) is 67.4 Å². The van der Waals surface area contributed by atoms with E-state index in [0.717, 1.165) is 6.42 Å². The molecule has 2 N–H and O–H groups in total. The Hall–Kier alpha value is -1.10. The summed E-state index contributed by atoms with van der Waals surface area (Å²) in [7, 11) is 0. The van der Waals surface area contributed by atoms with Crippen molar-refractivity contribution >= 4 is 11.9 Å². The quantitative estimate of drug-likeness (QED) is 0.691. The third kappa shape index (κ3) is 7.82. The lowest BCUT2D eigenvalue weighted by Gasteiger charge is -2.26. The van der Waals surface area contributed by atoms with Gasteiger partial charge < -0.3 is 10.1 Å². The summed E-state index contributed by atoms with van der Waals surface area (Å²) in [5, 5.41) is 5.92. The van der Waals surface area contributed by atoms with Crippen LogP contribution < -0.4 is 10.6 Å². The van der Waals surface area contributed by atoms with Crippen molar-refractivity contribution in [3.63, 3.8) is 0 Å². The Morgan fingerprint density at radius 1 is 1.21 bits per heavy atom. The number of amides is 1. The van der Waals surface area contributed by atoms with E-state index in [1.807, 2.05) is 27.7 Å². The minimum Gasteiger partial charge on any atom is -0.465 e. The van der Waals surface area contributed by atoms with Crippen LogP contribution in [0.2, 0.25) is 0 Å². The van der Waals surface area contributed by atoms with Gasteiger partial charge in [0.1, 0.15) is 6.04 Å². The second-order valence-corrected chi connectivity index (χ2v) is 5.72. The van der Waals surface area contributed by atoms with Crippen molar-refractivity contribution in [2.24, 2.45) is 0 Å². The van der Waals surface area contributed by atoms with E-state index >= 15 is 0 Å². The SMILES string of the molecule is CCCC(NC(C)C(=O)NC(C)(C)C)C(=O)OCC. The lowest BCUT2D eigenvalue weighted by Crippen LogP contribution is -2.53. The molecular weight excluding hydrogens is 244 g/mol. The van der Waals surface area contributed by atoms with Crippen LogP contribution in [0.25, 0.3) is 0 Å². The van der Waals surface area contributed by atoms with Gasteiger partial charge in [-0.3, -0.25) is 14.9 Å². The summed E-state index contributed by atoms with van der Waals surface area (Å²) < 4.78 is 5.00. The molecule has 0 aliphatic heterocycles. The number of ether oxygens (including phenoxy) is 1. The van der Waals surface area contributed by atoms with Gasteiger partial charge in [-0.05, 0) is 41.0 Å². The molecule has 0 aromatic carbocycles. The molecule has 1 amide bonds. The van der Waals surface area contributed by atoms with E-state index in [4.69, 9.17) is 4.74 Å². The van der Waals surface area contributed by atoms with E-state index < -0.39 is 12.1 Å². The Kier molecular flexibility index (Phi) is 7.68. The smallest absolute Gasteiger partial charge is 0.323 e. The van der Waals surface area contributed by atoms with E-state index in [2.05, 4.69) is 10.6 Å². The van der Waals surface area contributed by atoms with Gasteiger partial charge in [-0.15, -0.1) is 0 Å². The molecule has 0 saturated carbocycles. The molecule has 19 heavy (non-hydrogen) atoms. The van der Waals surface area contributed by atoms with Crippen LogP contribution in [0.1, 0.15) is 54.4 Å². The van der Waals surface area contributed by atoms with Crippen LogP contribution in [-0.2, 0) is 14.3 Å². The van der Waals surface area contributed by atoms with Crippen LogP contribution in [0.15, 0.2) is 0 Å². The Bertz CT molecular complexity index is 298. The normalized spacial score (nSPS) is 14.6. The highest BCUT2D eigenvalue weighted by Gasteiger charge is 2.25. The average Bonchev–Trinajstić information content (AvgIpc) is 2.26. The number of carbonyl (C=O) groups excluding carboxylic acids is 2. The van der Waals surface area contributed by atoms with Crippen molar-refractivity contribution in [2.45, 2.75) is 72.0 Å². The van der Waals surface area contributed by atoms with E-state index in [1.165, 1.54) is 0 Å². The molecule has 112 valence electrons. The molecular formula is C14H28N2O3. The maximum Gasteiger partial charge on any atom is 0.323 e. The minimum atomic E-state index is -0.430. The fraction of sp³-hybridized carbons (Fsp3) is 0.857. The standard InChI is InChI=1S/C14H28N2O3/c1-7-9-11(13(18)19-8-2)15-10(3)12(17)16-14(4,5)6/h10-11,15H,7-9H2,1-6H3,(H,16,17). The molecule has 0 rings (SSSR count). The largest absolute Gasteiger partial charge is 0.465 e. The molecule has 0 bridgehead atoms. The first kappa shape index (κ1) is 17.9. The zero-order valence-electron chi connectivity index (χ0n) is 13.0. The predicted octanol–water partition coefficient (Wildman–Crippen LogP) is 1.61. The second-order valence-electron chi connectivity index (χ2n) is 5.72. The van der Waals surface area contributed by atoms with Crippen LogP contribution in [-0.4, -0.2) is 36.1 Å². The molecule has 0 aliphatic carbocycles. The Balaban J connectivity index is 4.49. The van der Waals surface area contributed by atoms with E-state index in [-0.39, 0.29) is 17.4 Å². The molecule has 2 unspecified atom stereocenters. The van der Waals surface area contributed by atoms with Crippen molar-refractivity contribution in [3.8, 4) is 0 Å². The van der Waals surface area contributed by atoms with Gasteiger partial charge in [0.25, 0.3) is 0 Å². The number of esters is 1. The maximum absolute atomic E-state index is 12.0. The van der Waals surface area contributed by atoms with E-state index in [1.54, 1.807) is 13.8 Å². The molecule has 0 fully saturated rings. The molecule has 0 heterocycles. The molecule has 0 saturated heterocycles. The van der Waals surface area contributed by atoms with Gasteiger partial charge in [-0.1, -0.05) is 13.3 Å². The van der Waals surface area contributed by atoms with E-state index in [9.17, 15) is 9.59 Å². The van der Waals surface area contributed by atoms with Crippen molar-refractivity contribution in [1.29, 1.82) is 0 Å². The number of carbonyl (C=O) groups is 2. The van der Waals surface area contributed by atoms with Crippen LogP contribution >= 0.6 is 0 Å². The lowest BCUT2D eigenvalue weighted by molar-refractivity contribution is -0.146. The third-order valence-corrected chi connectivity index (χ3v) is 2.49. The monoisotopic (exact) mass is 272 g/mol. The summed E-state index contributed by atoms with van der Waals surface area (Å²) in [5.41, 5.74) is -0.281. The molecule has 0 aliphatic rings. The molecule has 0 aromatic rings. The van der Waals surface area contributed by atoms with Gasteiger partial charge in [0.2, 0.25) is 5.91 Å². The van der Waals surface area contributed by atoms with Gasteiger partial charge in [-0.25, -0.2) is 0 Å². The maximum atomic E-state index is 12.0. The Morgan fingerprint density at radius 2 is 1.79 bits per heavy atom. The fourth-order valence-corrected chi connectivity index (χ4v) is 1.66. The van der Waals surface area contributed by atoms with Gasteiger partial charge in [-0.2, -0.15) is 0 Å². The number of nitrogens with one attached hydrogen (secondary N) is 2. The molecule has 5 heteroatoms. The Labute approximate surface area is 116 Å². The zero-order chi connectivity index (χ0) is 15.1. The summed E-state index contributed by atoms with van der Waals surface area (Å²) in [6.45, 7) is 11.6. The molecule has 2 atom stereocenters. The number of rotatable bonds is 7. The average molecular weight is 272 g/mol. The fourth-order valence-electron chi connectivity index (χ4n) is 1.66. The molecule has 0 aromatic heterocycles. The van der Waals surface area contributed by atoms with Crippen molar-refractivity contribution in [2.75, 3.05) is 6.61 Å². The zero-order valence-corrected chi connectivity index (χ0v) is 13.0. The predicted molar refractivity (Wildman–Crippen MR) is 75.8 cm³/mol. The van der Waals surface area contributed by atoms with E-state index in [0.29, 0.717) is 13.0 Å². The van der Waals surface area contributed by atoms with Crippen LogP contribution in [0.5, 0.6) is 0 Å². The van der Waals surface area contributed by atoms with Gasteiger partial charge in [0.05, 0.1) is 12.6 Å². The van der Waals surface area contributed by atoms with Crippen molar-refractivity contribution < 1.29 is 14.3 Å². The van der Waals surface area contributed by atoms with Crippen LogP contribution in [0, 0.1) is 0 Å².